The Hall–Kier alpha value is -0.860. The van der Waals surface area contributed by atoms with Crippen LogP contribution in [0, 0.1) is 6.92 Å². The summed E-state index contributed by atoms with van der Waals surface area (Å²) in [6, 6.07) is 8.93. The van der Waals surface area contributed by atoms with Crippen LogP contribution in [0.4, 0.5) is 0 Å². The second-order valence-electron chi connectivity index (χ2n) is 6.01. The predicted octanol–water partition coefficient (Wildman–Crippen LogP) is 2.82. The van der Waals surface area contributed by atoms with E-state index in [4.69, 9.17) is 0 Å². The van der Waals surface area contributed by atoms with Gasteiger partial charge in [0.1, 0.15) is 0 Å². The lowest BCUT2D eigenvalue weighted by molar-refractivity contribution is 0.0371. The molecule has 0 bridgehead atoms. The Balaban J connectivity index is 1.93. The van der Waals surface area contributed by atoms with Crippen LogP contribution in [0.5, 0.6) is 0 Å². The van der Waals surface area contributed by atoms with Gasteiger partial charge >= 0.3 is 0 Å². The molecule has 1 heterocycles. The lowest BCUT2D eigenvalue weighted by atomic mass is 9.87. The maximum Gasteiger partial charge on any atom is 0.0674 e. The average Bonchev–Trinajstić information content (AvgIpc) is 2.28. The Bertz CT molecular complexity index is 380. The van der Waals surface area contributed by atoms with Gasteiger partial charge in [-0.1, -0.05) is 36.2 Å². The minimum absolute atomic E-state index is 0.485. The molecule has 0 radical (unpaired) electrons. The van der Waals surface area contributed by atoms with Gasteiger partial charge in [0.25, 0.3) is 0 Å². The van der Waals surface area contributed by atoms with E-state index in [2.05, 4.69) is 36.5 Å². The second kappa shape index (κ2) is 5.85. The molecule has 0 aliphatic carbocycles. The Morgan fingerprint density at radius 3 is 2.89 bits per heavy atom. The highest BCUT2D eigenvalue weighted by Gasteiger charge is 2.26. The molecule has 0 spiro atoms. The van der Waals surface area contributed by atoms with Crippen molar-refractivity contribution in [3.63, 3.8) is 0 Å². The summed E-state index contributed by atoms with van der Waals surface area (Å²) >= 11 is 0. The molecule has 0 saturated carbocycles. The number of benzene rings is 1. The predicted molar refractivity (Wildman–Crippen MR) is 75.8 cm³/mol. The largest absolute Gasteiger partial charge is 0.390 e. The monoisotopic (exact) mass is 247 g/mol. The Labute approximate surface area is 110 Å². The van der Waals surface area contributed by atoms with Crippen molar-refractivity contribution in [3.05, 3.63) is 35.4 Å². The molecule has 2 unspecified atom stereocenters. The standard InChI is InChI=1S/C16H25NO/c1-13-6-5-7-14(10-13)11-16(2,18)12-15-8-3-4-9-17-15/h5-7,10,15,17-18H,3-4,8-9,11-12H2,1-2H3. The third-order valence-corrected chi connectivity index (χ3v) is 3.77. The summed E-state index contributed by atoms with van der Waals surface area (Å²) < 4.78 is 0. The third-order valence-electron chi connectivity index (χ3n) is 3.77. The summed E-state index contributed by atoms with van der Waals surface area (Å²) in [5, 5.41) is 14.1. The number of aryl methyl sites for hydroxylation is 1. The van der Waals surface area contributed by atoms with Gasteiger partial charge in [-0.15, -0.1) is 0 Å². The van der Waals surface area contributed by atoms with Crippen molar-refractivity contribution >= 4 is 0 Å². The highest BCUT2D eigenvalue weighted by atomic mass is 16.3. The van der Waals surface area contributed by atoms with Crippen LogP contribution in [-0.4, -0.2) is 23.3 Å². The molecule has 1 aromatic rings. The lowest BCUT2D eigenvalue weighted by Gasteiger charge is -2.31. The number of hydrogen-bond acceptors (Lipinski definition) is 2. The van der Waals surface area contributed by atoms with Crippen LogP contribution in [0.15, 0.2) is 24.3 Å². The van der Waals surface area contributed by atoms with Crippen LogP contribution in [0.2, 0.25) is 0 Å². The number of rotatable bonds is 4. The molecule has 1 aliphatic heterocycles. The Kier molecular flexibility index (Phi) is 4.41. The zero-order valence-corrected chi connectivity index (χ0v) is 11.6. The fourth-order valence-corrected chi connectivity index (χ4v) is 2.96. The third kappa shape index (κ3) is 4.11. The van der Waals surface area contributed by atoms with Gasteiger partial charge in [-0.3, -0.25) is 0 Å². The summed E-state index contributed by atoms with van der Waals surface area (Å²) in [4.78, 5) is 0. The van der Waals surface area contributed by atoms with E-state index in [1.54, 1.807) is 0 Å². The first-order valence-electron chi connectivity index (χ1n) is 7.06. The minimum atomic E-state index is -0.608. The molecule has 1 fully saturated rings. The van der Waals surface area contributed by atoms with Crippen LogP contribution in [0.1, 0.15) is 43.7 Å². The SMILES string of the molecule is Cc1cccc(CC(C)(O)CC2CCCCN2)c1. The van der Waals surface area contributed by atoms with E-state index in [0.717, 1.165) is 19.4 Å². The Morgan fingerprint density at radius 2 is 2.22 bits per heavy atom. The molecule has 1 saturated heterocycles. The number of hydrogen-bond donors (Lipinski definition) is 2. The fourth-order valence-electron chi connectivity index (χ4n) is 2.96. The number of nitrogens with one attached hydrogen (secondary N) is 1. The summed E-state index contributed by atoms with van der Waals surface area (Å²) in [6.07, 6.45) is 5.35. The van der Waals surface area contributed by atoms with Crippen molar-refractivity contribution in [1.82, 2.24) is 5.32 Å². The second-order valence-corrected chi connectivity index (χ2v) is 6.01. The van der Waals surface area contributed by atoms with Gasteiger partial charge < -0.3 is 10.4 Å². The van der Waals surface area contributed by atoms with Crippen molar-refractivity contribution in [2.24, 2.45) is 0 Å². The van der Waals surface area contributed by atoms with E-state index in [9.17, 15) is 5.11 Å². The normalized spacial score (nSPS) is 23.6. The molecule has 2 rings (SSSR count). The van der Waals surface area contributed by atoms with E-state index in [0.29, 0.717) is 6.04 Å². The van der Waals surface area contributed by atoms with Gasteiger partial charge in [0.2, 0.25) is 0 Å². The van der Waals surface area contributed by atoms with Crippen molar-refractivity contribution < 1.29 is 5.11 Å². The van der Waals surface area contributed by atoms with E-state index in [1.165, 1.54) is 30.4 Å². The minimum Gasteiger partial charge on any atom is -0.390 e. The highest BCUT2D eigenvalue weighted by Crippen LogP contribution is 2.22. The zero-order valence-electron chi connectivity index (χ0n) is 11.6. The van der Waals surface area contributed by atoms with Crippen LogP contribution in [0.3, 0.4) is 0 Å². The topological polar surface area (TPSA) is 32.3 Å². The first-order valence-corrected chi connectivity index (χ1v) is 7.06. The molecule has 1 aliphatic rings. The maximum atomic E-state index is 10.6. The molecule has 1 aromatic carbocycles. The molecule has 18 heavy (non-hydrogen) atoms. The van der Waals surface area contributed by atoms with Gasteiger partial charge in [-0.25, -0.2) is 0 Å². The molecule has 2 N–H and O–H groups in total. The molecule has 2 nitrogen and oxygen atoms in total. The Morgan fingerprint density at radius 1 is 1.39 bits per heavy atom. The smallest absolute Gasteiger partial charge is 0.0674 e. The van der Waals surface area contributed by atoms with Gasteiger partial charge in [-0.05, 0) is 45.2 Å². The molecule has 0 aromatic heterocycles. The molecule has 2 atom stereocenters. The van der Waals surface area contributed by atoms with Crippen molar-refractivity contribution in [2.75, 3.05) is 6.54 Å². The highest BCUT2D eigenvalue weighted by molar-refractivity contribution is 5.23. The molecule has 100 valence electrons. The summed E-state index contributed by atoms with van der Waals surface area (Å²) in [6.45, 7) is 5.16. The van der Waals surface area contributed by atoms with Gasteiger partial charge in [0, 0.05) is 12.5 Å². The summed E-state index contributed by atoms with van der Waals surface area (Å²) in [5.74, 6) is 0. The maximum absolute atomic E-state index is 10.6. The summed E-state index contributed by atoms with van der Waals surface area (Å²) in [5.41, 5.74) is 1.89. The van der Waals surface area contributed by atoms with Crippen LogP contribution in [-0.2, 0) is 6.42 Å². The van der Waals surface area contributed by atoms with Gasteiger partial charge in [0.15, 0.2) is 0 Å². The van der Waals surface area contributed by atoms with Gasteiger partial charge in [-0.2, -0.15) is 0 Å². The quantitative estimate of drug-likeness (QED) is 0.857. The summed E-state index contributed by atoms with van der Waals surface area (Å²) in [7, 11) is 0. The van der Waals surface area contributed by atoms with Crippen molar-refractivity contribution in [3.8, 4) is 0 Å². The zero-order chi connectivity index (χ0) is 13.0. The van der Waals surface area contributed by atoms with Gasteiger partial charge in [0.05, 0.1) is 5.60 Å². The van der Waals surface area contributed by atoms with E-state index < -0.39 is 5.60 Å². The van der Waals surface area contributed by atoms with Crippen molar-refractivity contribution in [1.29, 1.82) is 0 Å². The lowest BCUT2D eigenvalue weighted by Crippen LogP contribution is -2.41. The molecular weight excluding hydrogens is 222 g/mol. The number of piperidine rings is 1. The van der Waals surface area contributed by atoms with Crippen LogP contribution >= 0.6 is 0 Å². The average molecular weight is 247 g/mol. The molecule has 2 heteroatoms. The molecule has 0 amide bonds. The fraction of sp³-hybridized carbons (Fsp3) is 0.625. The van der Waals surface area contributed by atoms with Crippen LogP contribution < -0.4 is 5.32 Å². The molecular formula is C16H25NO. The number of aliphatic hydroxyl groups is 1. The van der Waals surface area contributed by atoms with E-state index in [1.807, 2.05) is 6.92 Å². The first kappa shape index (κ1) is 13.6. The van der Waals surface area contributed by atoms with Crippen LogP contribution in [0.25, 0.3) is 0 Å². The van der Waals surface area contributed by atoms with E-state index in [-0.39, 0.29) is 0 Å². The first-order chi connectivity index (χ1) is 8.55. The van der Waals surface area contributed by atoms with Crippen molar-refractivity contribution in [2.45, 2.75) is 57.6 Å². The van der Waals surface area contributed by atoms with E-state index >= 15 is 0 Å².